The van der Waals surface area contributed by atoms with E-state index in [1.807, 2.05) is 26.2 Å². The van der Waals surface area contributed by atoms with Crippen molar-refractivity contribution in [2.45, 2.75) is 6.54 Å². The number of rotatable bonds is 3. The number of hydrogen-bond acceptors (Lipinski definition) is 4. The van der Waals surface area contributed by atoms with Crippen LogP contribution in [0.3, 0.4) is 0 Å². The highest BCUT2D eigenvalue weighted by atomic mass is 16.5. The van der Waals surface area contributed by atoms with E-state index in [0.29, 0.717) is 12.4 Å². The molecule has 2 N–H and O–H groups in total. The molecule has 0 aliphatic carbocycles. The van der Waals surface area contributed by atoms with E-state index >= 15 is 0 Å². The highest BCUT2D eigenvalue weighted by molar-refractivity contribution is 5.93. The quantitative estimate of drug-likeness (QED) is 0.781. The molecule has 19 heavy (non-hydrogen) atoms. The van der Waals surface area contributed by atoms with Crippen molar-refractivity contribution in [2.75, 3.05) is 17.7 Å². The fraction of sp³-hybridized carbons (Fsp3) is 0.214. The van der Waals surface area contributed by atoms with E-state index in [0.717, 1.165) is 11.4 Å². The maximum Gasteiger partial charge on any atom is 0.167 e. The van der Waals surface area contributed by atoms with Crippen LogP contribution in [0.5, 0.6) is 0 Å². The molecular formula is C14H16N4O. The van der Waals surface area contributed by atoms with Crippen molar-refractivity contribution < 1.29 is 4.52 Å². The minimum absolute atomic E-state index is 0.418. The average molecular weight is 256 g/mol. The zero-order chi connectivity index (χ0) is 13.4. The van der Waals surface area contributed by atoms with Gasteiger partial charge < -0.3 is 19.7 Å². The summed E-state index contributed by atoms with van der Waals surface area (Å²) >= 11 is 0. The Morgan fingerprint density at radius 3 is 2.89 bits per heavy atom. The Morgan fingerprint density at radius 2 is 2.16 bits per heavy atom. The van der Waals surface area contributed by atoms with Gasteiger partial charge in [0.1, 0.15) is 0 Å². The van der Waals surface area contributed by atoms with E-state index in [9.17, 15) is 0 Å². The number of fused-ring (bicyclic) bond motifs is 1. The SMILES string of the molecule is CN(Cc1cc(N)no1)c1cn(C)c2ccccc12. The summed E-state index contributed by atoms with van der Waals surface area (Å²) in [6, 6.07) is 10.1. The molecular weight excluding hydrogens is 240 g/mol. The Kier molecular flexibility index (Phi) is 2.67. The molecule has 5 nitrogen and oxygen atoms in total. The summed E-state index contributed by atoms with van der Waals surface area (Å²) in [4.78, 5) is 2.13. The Bertz CT molecular complexity index is 713. The van der Waals surface area contributed by atoms with Gasteiger partial charge in [-0.2, -0.15) is 0 Å². The highest BCUT2D eigenvalue weighted by Crippen LogP contribution is 2.28. The number of anilines is 2. The van der Waals surface area contributed by atoms with Gasteiger partial charge in [-0.3, -0.25) is 0 Å². The van der Waals surface area contributed by atoms with Gasteiger partial charge in [0.05, 0.1) is 12.2 Å². The predicted octanol–water partition coefficient (Wildman–Crippen LogP) is 2.38. The van der Waals surface area contributed by atoms with Gasteiger partial charge in [0, 0.05) is 37.3 Å². The van der Waals surface area contributed by atoms with Crippen LogP contribution in [0.25, 0.3) is 10.9 Å². The molecule has 0 amide bonds. The number of nitrogen functional groups attached to an aromatic ring is 1. The molecule has 0 atom stereocenters. The van der Waals surface area contributed by atoms with Crippen LogP contribution in [0.1, 0.15) is 5.76 Å². The van der Waals surface area contributed by atoms with Gasteiger partial charge in [-0.1, -0.05) is 23.4 Å². The van der Waals surface area contributed by atoms with Crippen LogP contribution >= 0.6 is 0 Å². The summed E-state index contributed by atoms with van der Waals surface area (Å²) < 4.78 is 7.27. The first-order valence-corrected chi connectivity index (χ1v) is 6.11. The number of aryl methyl sites for hydroxylation is 1. The molecule has 0 radical (unpaired) electrons. The van der Waals surface area contributed by atoms with Gasteiger partial charge in [0.25, 0.3) is 0 Å². The topological polar surface area (TPSA) is 60.2 Å². The Morgan fingerprint density at radius 1 is 1.37 bits per heavy atom. The van der Waals surface area contributed by atoms with Crippen molar-refractivity contribution in [1.29, 1.82) is 0 Å². The molecule has 0 unspecified atom stereocenters. The Labute approximate surface area is 111 Å². The highest BCUT2D eigenvalue weighted by Gasteiger charge is 2.12. The van der Waals surface area contributed by atoms with E-state index in [4.69, 9.17) is 10.3 Å². The molecule has 5 heteroatoms. The van der Waals surface area contributed by atoms with Crippen LogP contribution in [-0.4, -0.2) is 16.8 Å². The number of para-hydroxylation sites is 1. The molecule has 0 saturated carbocycles. The molecule has 3 rings (SSSR count). The smallest absolute Gasteiger partial charge is 0.167 e. The van der Waals surface area contributed by atoms with Crippen molar-refractivity contribution in [3.05, 3.63) is 42.3 Å². The van der Waals surface area contributed by atoms with Crippen LogP contribution < -0.4 is 10.6 Å². The average Bonchev–Trinajstić information content (AvgIpc) is 2.95. The lowest BCUT2D eigenvalue weighted by molar-refractivity contribution is 0.385. The molecule has 0 bridgehead atoms. The standard InChI is InChI=1S/C14H16N4O/c1-17(8-10-7-14(15)16-19-10)13-9-18(2)12-6-4-3-5-11(12)13/h3-7,9H,8H2,1-2H3,(H2,15,16). The molecule has 98 valence electrons. The maximum atomic E-state index is 5.56. The third-order valence-electron chi connectivity index (χ3n) is 3.26. The molecule has 0 saturated heterocycles. The predicted molar refractivity (Wildman–Crippen MR) is 75.9 cm³/mol. The summed E-state index contributed by atoms with van der Waals surface area (Å²) in [7, 11) is 4.08. The monoisotopic (exact) mass is 256 g/mol. The molecule has 2 aromatic heterocycles. The van der Waals surface area contributed by atoms with E-state index < -0.39 is 0 Å². The number of hydrogen-bond donors (Lipinski definition) is 1. The zero-order valence-corrected chi connectivity index (χ0v) is 11.0. The summed E-state index contributed by atoms with van der Waals surface area (Å²) in [6.45, 7) is 0.637. The van der Waals surface area contributed by atoms with E-state index in [1.165, 1.54) is 10.9 Å². The first kappa shape index (κ1) is 11.6. The maximum absolute atomic E-state index is 5.56. The molecule has 0 aliphatic heterocycles. The molecule has 0 aliphatic rings. The minimum atomic E-state index is 0.418. The molecule has 0 fully saturated rings. The van der Waals surface area contributed by atoms with E-state index in [1.54, 1.807) is 6.07 Å². The lowest BCUT2D eigenvalue weighted by Gasteiger charge is -2.16. The lowest BCUT2D eigenvalue weighted by Crippen LogP contribution is -2.15. The lowest BCUT2D eigenvalue weighted by atomic mass is 10.2. The largest absolute Gasteiger partial charge is 0.381 e. The number of benzene rings is 1. The Hall–Kier alpha value is -2.43. The van der Waals surface area contributed by atoms with Gasteiger partial charge in [0.2, 0.25) is 0 Å². The van der Waals surface area contributed by atoms with Gasteiger partial charge in [-0.15, -0.1) is 0 Å². The molecule has 3 aromatic rings. The van der Waals surface area contributed by atoms with Crippen molar-refractivity contribution in [3.63, 3.8) is 0 Å². The summed E-state index contributed by atoms with van der Waals surface area (Å²) in [5, 5.41) is 4.92. The van der Waals surface area contributed by atoms with Crippen molar-refractivity contribution in [1.82, 2.24) is 9.72 Å². The van der Waals surface area contributed by atoms with E-state index in [2.05, 4.69) is 33.0 Å². The fourth-order valence-corrected chi connectivity index (χ4v) is 2.35. The van der Waals surface area contributed by atoms with Crippen LogP contribution in [0, 0.1) is 0 Å². The van der Waals surface area contributed by atoms with Gasteiger partial charge in [0.15, 0.2) is 11.6 Å². The second-order valence-corrected chi connectivity index (χ2v) is 4.72. The van der Waals surface area contributed by atoms with Gasteiger partial charge in [-0.05, 0) is 6.07 Å². The van der Waals surface area contributed by atoms with Crippen LogP contribution in [0.4, 0.5) is 11.5 Å². The van der Waals surface area contributed by atoms with Gasteiger partial charge in [-0.25, -0.2) is 0 Å². The molecule has 2 heterocycles. The van der Waals surface area contributed by atoms with Crippen molar-refractivity contribution in [2.24, 2.45) is 7.05 Å². The number of aromatic nitrogens is 2. The second-order valence-electron chi connectivity index (χ2n) is 4.72. The second kappa shape index (κ2) is 4.35. The van der Waals surface area contributed by atoms with Crippen molar-refractivity contribution in [3.8, 4) is 0 Å². The normalized spacial score (nSPS) is 11.1. The minimum Gasteiger partial charge on any atom is -0.381 e. The third-order valence-corrected chi connectivity index (χ3v) is 3.26. The van der Waals surface area contributed by atoms with Crippen LogP contribution in [0.15, 0.2) is 41.1 Å². The summed E-state index contributed by atoms with van der Waals surface area (Å²) in [5.41, 5.74) is 7.93. The van der Waals surface area contributed by atoms with E-state index in [-0.39, 0.29) is 0 Å². The molecule has 1 aromatic carbocycles. The first-order chi connectivity index (χ1) is 9.15. The fourth-order valence-electron chi connectivity index (χ4n) is 2.35. The third kappa shape index (κ3) is 2.03. The number of nitrogens with zero attached hydrogens (tertiary/aromatic N) is 3. The first-order valence-electron chi connectivity index (χ1n) is 6.11. The van der Waals surface area contributed by atoms with Crippen LogP contribution in [0.2, 0.25) is 0 Å². The summed E-state index contributed by atoms with van der Waals surface area (Å²) in [6.07, 6.45) is 2.12. The Balaban J connectivity index is 1.95. The van der Waals surface area contributed by atoms with Crippen LogP contribution in [-0.2, 0) is 13.6 Å². The van der Waals surface area contributed by atoms with Gasteiger partial charge >= 0.3 is 0 Å². The van der Waals surface area contributed by atoms with Crippen molar-refractivity contribution >= 4 is 22.4 Å². The molecule has 0 spiro atoms. The number of nitrogens with two attached hydrogens (primary N) is 1. The summed E-state index contributed by atoms with van der Waals surface area (Å²) in [5.74, 6) is 1.18. The zero-order valence-electron chi connectivity index (χ0n) is 11.0.